The van der Waals surface area contributed by atoms with Crippen molar-refractivity contribution in [2.24, 2.45) is 0 Å². The van der Waals surface area contributed by atoms with Crippen molar-refractivity contribution in [3.63, 3.8) is 0 Å². The first-order valence-corrected chi connectivity index (χ1v) is 4.26. The monoisotopic (exact) mass is 153 g/mol. The molecule has 0 amide bonds. The van der Waals surface area contributed by atoms with Gasteiger partial charge < -0.3 is 5.32 Å². The maximum absolute atomic E-state index is 3.37. The standard InChI is InChI=1S/C10H19N/c1-5-7-8-10(4)11-9(3)6-2/h5,7-9,11H,6H2,1-4H3/b7-5-,10-8+. The van der Waals surface area contributed by atoms with Crippen LogP contribution in [-0.2, 0) is 0 Å². The summed E-state index contributed by atoms with van der Waals surface area (Å²) in [6.07, 6.45) is 7.33. The van der Waals surface area contributed by atoms with Crippen LogP contribution in [0.2, 0.25) is 0 Å². The highest BCUT2D eigenvalue weighted by atomic mass is 14.9. The normalized spacial score (nSPS) is 15.5. The molecule has 1 unspecified atom stereocenters. The minimum absolute atomic E-state index is 0.580. The van der Waals surface area contributed by atoms with Crippen LogP contribution in [0.25, 0.3) is 0 Å². The predicted molar refractivity (Wildman–Crippen MR) is 51.5 cm³/mol. The Morgan fingerprint density at radius 2 is 2.18 bits per heavy atom. The molecule has 1 atom stereocenters. The van der Waals surface area contributed by atoms with E-state index in [1.165, 1.54) is 12.1 Å². The van der Waals surface area contributed by atoms with Gasteiger partial charge in [0.1, 0.15) is 0 Å². The van der Waals surface area contributed by atoms with Gasteiger partial charge in [-0.1, -0.05) is 19.1 Å². The Morgan fingerprint density at radius 3 is 2.64 bits per heavy atom. The summed E-state index contributed by atoms with van der Waals surface area (Å²) < 4.78 is 0. The fraction of sp³-hybridized carbons (Fsp3) is 0.600. The van der Waals surface area contributed by atoms with Gasteiger partial charge in [0.25, 0.3) is 0 Å². The predicted octanol–water partition coefficient (Wildman–Crippen LogP) is 2.85. The largest absolute Gasteiger partial charge is 0.386 e. The van der Waals surface area contributed by atoms with Crippen LogP contribution < -0.4 is 5.32 Å². The molecule has 1 nitrogen and oxygen atoms in total. The lowest BCUT2D eigenvalue weighted by molar-refractivity contribution is 0.596. The highest BCUT2D eigenvalue weighted by Crippen LogP contribution is 1.94. The Bertz CT molecular complexity index is 145. The summed E-state index contributed by atoms with van der Waals surface area (Å²) in [5.74, 6) is 0. The minimum atomic E-state index is 0.580. The average molecular weight is 153 g/mol. The van der Waals surface area contributed by atoms with E-state index in [1.54, 1.807) is 0 Å². The zero-order chi connectivity index (χ0) is 8.69. The van der Waals surface area contributed by atoms with E-state index in [2.05, 4.69) is 32.2 Å². The van der Waals surface area contributed by atoms with Gasteiger partial charge in [0.2, 0.25) is 0 Å². The number of hydrogen-bond acceptors (Lipinski definition) is 1. The van der Waals surface area contributed by atoms with Gasteiger partial charge >= 0.3 is 0 Å². The molecule has 0 saturated carbocycles. The van der Waals surface area contributed by atoms with Crippen molar-refractivity contribution in [3.8, 4) is 0 Å². The van der Waals surface area contributed by atoms with Crippen molar-refractivity contribution in [1.29, 1.82) is 0 Å². The van der Waals surface area contributed by atoms with Crippen LogP contribution in [0.3, 0.4) is 0 Å². The third-order valence-electron chi connectivity index (χ3n) is 1.63. The third kappa shape index (κ3) is 5.71. The summed E-state index contributed by atoms with van der Waals surface area (Å²) >= 11 is 0. The summed E-state index contributed by atoms with van der Waals surface area (Å²) in [7, 11) is 0. The van der Waals surface area contributed by atoms with Gasteiger partial charge in [-0.05, 0) is 33.3 Å². The SMILES string of the molecule is C/C=C\C=C(/C)NC(C)CC. The first-order valence-electron chi connectivity index (χ1n) is 4.26. The molecule has 1 N–H and O–H groups in total. The van der Waals surface area contributed by atoms with Crippen molar-refractivity contribution < 1.29 is 0 Å². The smallest absolute Gasteiger partial charge is 0.0227 e. The second-order valence-corrected chi connectivity index (χ2v) is 2.83. The molecular formula is C10H19N. The van der Waals surface area contributed by atoms with E-state index in [-0.39, 0.29) is 0 Å². The molecule has 0 aromatic rings. The Labute approximate surface area is 70.2 Å². The molecule has 11 heavy (non-hydrogen) atoms. The molecule has 64 valence electrons. The lowest BCUT2D eigenvalue weighted by Gasteiger charge is -2.12. The van der Waals surface area contributed by atoms with E-state index >= 15 is 0 Å². The lowest BCUT2D eigenvalue weighted by atomic mass is 10.2. The Morgan fingerprint density at radius 1 is 1.55 bits per heavy atom. The van der Waals surface area contributed by atoms with Crippen molar-refractivity contribution in [3.05, 3.63) is 23.9 Å². The maximum Gasteiger partial charge on any atom is 0.0227 e. The van der Waals surface area contributed by atoms with E-state index in [4.69, 9.17) is 0 Å². The first kappa shape index (κ1) is 10.3. The van der Waals surface area contributed by atoms with Gasteiger partial charge in [0.05, 0.1) is 0 Å². The molecule has 0 rings (SSSR count). The molecule has 0 aromatic carbocycles. The summed E-state index contributed by atoms with van der Waals surface area (Å²) in [5.41, 5.74) is 1.23. The van der Waals surface area contributed by atoms with E-state index in [0.29, 0.717) is 6.04 Å². The number of allylic oxidation sites excluding steroid dienone is 4. The van der Waals surface area contributed by atoms with Crippen LogP contribution in [-0.4, -0.2) is 6.04 Å². The van der Waals surface area contributed by atoms with Gasteiger partial charge in [0, 0.05) is 11.7 Å². The topological polar surface area (TPSA) is 12.0 Å². The van der Waals surface area contributed by atoms with Crippen LogP contribution >= 0.6 is 0 Å². The van der Waals surface area contributed by atoms with Gasteiger partial charge in [0.15, 0.2) is 0 Å². The van der Waals surface area contributed by atoms with Crippen LogP contribution in [0.1, 0.15) is 34.1 Å². The van der Waals surface area contributed by atoms with E-state index in [0.717, 1.165) is 0 Å². The van der Waals surface area contributed by atoms with Gasteiger partial charge in [-0.15, -0.1) is 0 Å². The van der Waals surface area contributed by atoms with Crippen molar-refractivity contribution in [2.75, 3.05) is 0 Å². The van der Waals surface area contributed by atoms with Crippen LogP contribution in [0.5, 0.6) is 0 Å². The quantitative estimate of drug-likeness (QED) is 0.612. The number of nitrogens with one attached hydrogen (secondary N) is 1. The molecule has 0 aromatic heterocycles. The van der Waals surface area contributed by atoms with Crippen molar-refractivity contribution in [2.45, 2.75) is 40.2 Å². The molecule has 1 heteroatoms. The summed E-state index contributed by atoms with van der Waals surface area (Å²) in [4.78, 5) is 0. The fourth-order valence-corrected chi connectivity index (χ4v) is 0.779. The van der Waals surface area contributed by atoms with Gasteiger partial charge in [-0.3, -0.25) is 0 Å². The van der Waals surface area contributed by atoms with Crippen molar-refractivity contribution in [1.82, 2.24) is 5.32 Å². The summed E-state index contributed by atoms with van der Waals surface area (Å²) in [6.45, 7) is 8.48. The minimum Gasteiger partial charge on any atom is -0.386 e. The molecule has 0 aliphatic heterocycles. The molecule has 0 fully saturated rings. The zero-order valence-corrected chi connectivity index (χ0v) is 8.02. The summed E-state index contributed by atoms with van der Waals surface area (Å²) in [5, 5.41) is 3.37. The molecule has 0 saturated heterocycles. The Hall–Kier alpha value is -0.720. The van der Waals surface area contributed by atoms with Gasteiger partial charge in [-0.25, -0.2) is 0 Å². The molecule has 0 aliphatic rings. The highest BCUT2D eigenvalue weighted by molar-refractivity contribution is 5.08. The first-order chi connectivity index (χ1) is 5.20. The molecule has 0 spiro atoms. The van der Waals surface area contributed by atoms with E-state index in [9.17, 15) is 0 Å². The van der Waals surface area contributed by atoms with Crippen molar-refractivity contribution >= 4 is 0 Å². The number of rotatable bonds is 4. The molecule has 0 aliphatic carbocycles. The van der Waals surface area contributed by atoms with Gasteiger partial charge in [-0.2, -0.15) is 0 Å². The van der Waals surface area contributed by atoms with Crippen LogP contribution in [0.4, 0.5) is 0 Å². The Kier molecular flexibility index (Phi) is 5.63. The van der Waals surface area contributed by atoms with Crippen LogP contribution in [0, 0.1) is 0 Å². The maximum atomic E-state index is 3.37. The molecule has 0 bridgehead atoms. The zero-order valence-electron chi connectivity index (χ0n) is 8.02. The molecular weight excluding hydrogens is 134 g/mol. The van der Waals surface area contributed by atoms with Crippen LogP contribution in [0.15, 0.2) is 23.9 Å². The third-order valence-corrected chi connectivity index (χ3v) is 1.63. The van der Waals surface area contributed by atoms with E-state index in [1.807, 2.05) is 19.1 Å². The van der Waals surface area contributed by atoms with E-state index < -0.39 is 0 Å². The number of hydrogen-bond donors (Lipinski definition) is 1. The lowest BCUT2D eigenvalue weighted by Crippen LogP contribution is -2.22. The molecule has 0 radical (unpaired) electrons. The second-order valence-electron chi connectivity index (χ2n) is 2.83. The summed E-state index contributed by atoms with van der Waals surface area (Å²) in [6, 6.07) is 0.580. The second kappa shape index (κ2) is 6.02. The highest BCUT2D eigenvalue weighted by Gasteiger charge is 1.94. The molecule has 0 heterocycles. The fourth-order valence-electron chi connectivity index (χ4n) is 0.779. The average Bonchev–Trinajstić information content (AvgIpc) is 2.00. The Balaban J connectivity index is 3.75.